The van der Waals surface area contributed by atoms with Crippen molar-refractivity contribution in [1.29, 1.82) is 0 Å². The molecule has 1 rings (SSSR count). The molecule has 0 atom stereocenters. The Labute approximate surface area is 131 Å². The van der Waals surface area contributed by atoms with Crippen molar-refractivity contribution < 1.29 is 27.2 Å². The van der Waals surface area contributed by atoms with E-state index in [0.29, 0.717) is 0 Å². The van der Waals surface area contributed by atoms with Gasteiger partial charge in [0.2, 0.25) is 0 Å². The normalized spacial score (nSPS) is 11.2. The maximum absolute atomic E-state index is 11.5. The molecule has 1 aromatic carbocycles. The van der Waals surface area contributed by atoms with Crippen LogP contribution in [0, 0.1) is 0 Å². The average molecular weight is 330 g/mol. The van der Waals surface area contributed by atoms with Gasteiger partial charge in [0, 0.05) is 0 Å². The minimum atomic E-state index is -4.45. The van der Waals surface area contributed by atoms with Crippen LogP contribution >= 0.6 is 0 Å². The van der Waals surface area contributed by atoms with E-state index in [1.807, 2.05) is 0 Å². The number of para-hydroxylation sites is 1. The summed E-state index contributed by atoms with van der Waals surface area (Å²) in [7, 11) is -4.45. The summed E-state index contributed by atoms with van der Waals surface area (Å²) in [5, 5.41) is 0. The molecule has 0 saturated heterocycles. The van der Waals surface area contributed by atoms with E-state index in [1.165, 1.54) is 37.5 Å². The highest BCUT2D eigenvalue weighted by Crippen LogP contribution is 2.23. The van der Waals surface area contributed by atoms with Crippen molar-refractivity contribution in [3.8, 4) is 5.75 Å². The molecule has 1 N–H and O–H groups in total. The number of rotatable bonds is 9. The van der Waals surface area contributed by atoms with Gasteiger partial charge in [-0.2, -0.15) is 8.42 Å². The molecule has 1 aromatic rings. The third-order valence-electron chi connectivity index (χ3n) is 3.04. The lowest BCUT2D eigenvalue weighted by Crippen LogP contribution is -2.13. The Morgan fingerprint density at radius 1 is 1.09 bits per heavy atom. The molecule has 6 nitrogen and oxygen atoms in total. The average Bonchev–Trinajstić information content (AvgIpc) is 2.46. The smallest absolute Gasteiger partial charge is 0.434 e. The Morgan fingerprint density at radius 3 is 2.41 bits per heavy atom. The first kappa shape index (κ1) is 18.4. The Balaban J connectivity index is 2.37. The summed E-state index contributed by atoms with van der Waals surface area (Å²) in [6.07, 6.45) is 5.36. The van der Waals surface area contributed by atoms with E-state index in [2.05, 4.69) is 6.92 Å². The van der Waals surface area contributed by atoms with Gasteiger partial charge < -0.3 is 9.47 Å². The summed E-state index contributed by atoms with van der Waals surface area (Å²) in [5.41, 5.74) is 0. The van der Waals surface area contributed by atoms with Gasteiger partial charge in [-0.3, -0.25) is 4.55 Å². The molecule has 0 unspecified atom stereocenters. The molecule has 0 bridgehead atoms. The molecule has 7 heteroatoms. The van der Waals surface area contributed by atoms with Crippen LogP contribution in [0.1, 0.15) is 45.4 Å². The molecule has 0 amide bonds. The third kappa shape index (κ3) is 6.91. The highest BCUT2D eigenvalue weighted by Gasteiger charge is 2.18. The minimum Gasteiger partial charge on any atom is -0.434 e. The highest BCUT2D eigenvalue weighted by molar-refractivity contribution is 7.86. The van der Waals surface area contributed by atoms with Crippen LogP contribution in [0.15, 0.2) is 29.2 Å². The zero-order valence-electron chi connectivity index (χ0n) is 12.7. The second-order valence-electron chi connectivity index (χ2n) is 4.89. The van der Waals surface area contributed by atoms with Crippen molar-refractivity contribution in [2.24, 2.45) is 0 Å². The number of hydrogen-bond acceptors (Lipinski definition) is 5. The second-order valence-corrected chi connectivity index (χ2v) is 6.28. The van der Waals surface area contributed by atoms with Crippen LogP contribution in [-0.4, -0.2) is 25.7 Å². The number of hydrogen-bond donors (Lipinski definition) is 1. The van der Waals surface area contributed by atoms with Gasteiger partial charge in [-0.05, 0) is 18.6 Å². The number of unbranched alkanes of at least 4 members (excludes halogenated alkanes) is 5. The van der Waals surface area contributed by atoms with Crippen LogP contribution in [-0.2, 0) is 14.9 Å². The predicted octanol–water partition coefficient (Wildman–Crippen LogP) is 3.81. The fourth-order valence-electron chi connectivity index (χ4n) is 1.90. The first-order valence-electron chi connectivity index (χ1n) is 7.36. The van der Waals surface area contributed by atoms with Gasteiger partial charge in [-0.15, -0.1) is 0 Å². The lowest BCUT2D eigenvalue weighted by molar-refractivity contribution is 0.0963. The van der Waals surface area contributed by atoms with Crippen LogP contribution in [0.4, 0.5) is 4.79 Å². The predicted molar refractivity (Wildman–Crippen MR) is 81.6 cm³/mol. The zero-order chi connectivity index (χ0) is 16.4. The summed E-state index contributed by atoms with van der Waals surface area (Å²) in [6.45, 7) is 2.36. The van der Waals surface area contributed by atoms with Gasteiger partial charge in [0.15, 0.2) is 5.75 Å². The maximum atomic E-state index is 11.5. The number of carbonyl (C=O) groups excluding carboxylic acids is 1. The largest absolute Gasteiger partial charge is 0.513 e. The SMILES string of the molecule is CCCCCCCCOC(=O)Oc1ccccc1S(=O)(=O)O. The van der Waals surface area contributed by atoms with Gasteiger partial charge >= 0.3 is 6.16 Å². The lowest BCUT2D eigenvalue weighted by atomic mass is 10.1. The van der Waals surface area contributed by atoms with Gasteiger partial charge in [0.25, 0.3) is 10.1 Å². The van der Waals surface area contributed by atoms with E-state index in [9.17, 15) is 13.2 Å². The van der Waals surface area contributed by atoms with Crippen molar-refractivity contribution in [2.75, 3.05) is 6.61 Å². The monoisotopic (exact) mass is 330 g/mol. The fraction of sp³-hybridized carbons (Fsp3) is 0.533. The van der Waals surface area contributed by atoms with E-state index in [1.54, 1.807) is 0 Å². The summed E-state index contributed by atoms with van der Waals surface area (Å²) >= 11 is 0. The summed E-state index contributed by atoms with van der Waals surface area (Å²) in [5.74, 6) is -0.252. The molecule has 0 radical (unpaired) electrons. The zero-order valence-corrected chi connectivity index (χ0v) is 13.5. The molecule has 0 heterocycles. The van der Waals surface area contributed by atoms with Crippen LogP contribution in [0.5, 0.6) is 5.75 Å². The standard InChI is InChI=1S/C15H22O6S/c1-2-3-4-5-6-9-12-20-15(16)21-13-10-7-8-11-14(13)22(17,18)19/h7-8,10-11H,2-6,9,12H2,1H3,(H,17,18,19). The summed E-state index contributed by atoms with van der Waals surface area (Å²) in [6, 6.07) is 5.32. The fourth-order valence-corrected chi connectivity index (χ4v) is 2.52. The second kappa shape index (κ2) is 9.42. The molecule has 124 valence electrons. The molecular weight excluding hydrogens is 308 g/mol. The first-order chi connectivity index (χ1) is 10.4. The quantitative estimate of drug-likeness (QED) is 0.320. The maximum Gasteiger partial charge on any atom is 0.513 e. The van der Waals surface area contributed by atoms with Gasteiger partial charge in [-0.25, -0.2) is 4.79 Å². The molecule has 22 heavy (non-hydrogen) atoms. The molecule has 0 aliphatic heterocycles. The highest BCUT2D eigenvalue weighted by atomic mass is 32.2. The van der Waals surface area contributed by atoms with Crippen LogP contribution in [0.2, 0.25) is 0 Å². The van der Waals surface area contributed by atoms with E-state index in [0.717, 1.165) is 25.3 Å². The van der Waals surface area contributed by atoms with Gasteiger partial charge in [0.1, 0.15) is 4.90 Å². The van der Waals surface area contributed by atoms with Crippen LogP contribution in [0.25, 0.3) is 0 Å². The van der Waals surface area contributed by atoms with E-state index in [-0.39, 0.29) is 12.4 Å². The molecule has 0 aliphatic carbocycles. The summed E-state index contributed by atoms with van der Waals surface area (Å²) < 4.78 is 41.0. The van der Waals surface area contributed by atoms with Gasteiger partial charge in [-0.1, -0.05) is 51.2 Å². The Hall–Kier alpha value is -1.60. The molecule has 0 aromatic heterocycles. The summed E-state index contributed by atoms with van der Waals surface area (Å²) in [4.78, 5) is 11.0. The van der Waals surface area contributed by atoms with Crippen LogP contribution < -0.4 is 4.74 Å². The molecule has 0 saturated carbocycles. The number of benzene rings is 1. The Bertz CT molecular complexity index is 567. The van der Waals surface area contributed by atoms with Crippen molar-refractivity contribution in [2.45, 2.75) is 50.3 Å². The van der Waals surface area contributed by atoms with Crippen molar-refractivity contribution >= 4 is 16.3 Å². The van der Waals surface area contributed by atoms with E-state index >= 15 is 0 Å². The van der Waals surface area contributed by atoms with Gasteiger partial charge in [0.05, 0.1) is 6.61 Å². The Morgan fingerprint density at radius 2 is 1.73 bits per heavy atom. The van der Waals surface area contributed by atoms with Crippen molar-refractivity contribution in [3.05, 3.63) is 24.3 Å². The van der Waals surface area contributed by atoms with Crippen molar-refractivity contribution in [3.63, 3.8) is 0 Å². The molecule has 0 spiro atoms. The minimum absolute atomic E-state index is 0.221. The number of carbonyl (C=O) groups is 1. The number of ether oxygens (including phenoxy) is 2. The molecular formula is C15H22O6S. The molecule has 0 aliphatic rings. The topological polar surface area (TPSA) is 89.9 Å². The van der Waals surface area contributed by atoms with Crippen LogP contribution in [0.3, 0.4) is 0 Å². The first-order valence-corrected chi connectivity index (χ1v) is 8.80. The Kier molecular flexibility index (Phi) is 7.90. The lowest BCUT2D eigenvalue weighted by Gasteiger charge is -2.08. The third-order valence-corrected chi connectivity index (χ3v) is 3.93. The molecule has 0 fully saturated rings. The van der Waals surface area contributed by atoms with Crippen molar-refractivity contribution in [1.82, 2.24) is 0 Å². The van der Waals surface area contributed by atoms with E-state index < -0.39 is 21.2 Å². The van der Waals surface area contributed by atoms with E-state index in [4.69, 9.17) is 14.0 Å².